The standard InChI is InChI=1S/C25H31N3/c1-18(2)11-17-28-20(4)19(3)23-10-14-26-25(24(23)28)27-15-12-22(13-16-27)21-8-6-5-7-9-21/h5-11,14,22H,12-13,15-17H2,1-4H3. The van der Waals surface area contributed by atoms with Crippen molar-refractivity contribution in [3.05, 3.63) is 71.1 Å². The molecule has 0 radical (unpaired) electrons. The minimum absolute atomic E-state index is 0.664. The molecular formula is C25H31N3. The van der Waals surface area contributed by atoms with Crippen LogP contribution in [-0.2, 0) is 6.54 Å². The molecule has 0 unspecified atom stereocenters. The molecule has 0 spiro atoms. The van der Waals surface area contributed by atoms with Gasteiger partial charge in [-0.15, -0.1) is 0 Å². The number of piperidine rings is 1. The molecule has 4 rings (SSSR count). The lowest BCUT2D eigenvalue weighted by atomic mass is 9.89. The highest BCUT2D eigenvalue weighted by Gasteiger charge is 2.24. The van der Waals surface area contributed by atoms with Crippen molar-refractivity contribution in [2.24, 2.45) is 0 Å². The molecule has 28 heavy (non-hydrogen) atoms. The maximum atomic E-state index is 4.85. The fourth-order valence-electron chi connectivity index (χ4n) is 4.46. The summed E-state index contributed by atoms with van der Waals surface area (Å²) in [4.78, 5) is 7.35. The first-order valence-electron chi connectivity index (χ1n) is 10.4. The van der Waals surface area contributed by atoms with Gasteiger partial charge in [0.15, 0.2) is 5.82 Å². The normalized spacial score (nSPS) is 15.2. The Kier molecular flexibility index (Phi) is 5.25. The van der Waals surface area contributed by atoms with Gasteiger partial charge in [-0.1, -0.05) is 42.0 Å². The maximum absolute atomic E-state index is 4.85. The molecule has 1 aliphatic heterocycles. The van der Waals surface area contributed by atoms with E-state index in [0.717, 1.165) is 25.5 Å². The molecule has 0 bridgehead atoms. The number of rotatable bonds is 4. The second kappa shape index (κ2) is 7.83. The first-order valence-corrected chi connectivity index (χ1v) is 10.4. The molecule has 3 nitrogen and oxygen atoms in total. The lowest BCUT2D eigenvalue weighted by Gasteiger charge is -2.33. The Morgan fingerprint density at radius 1 is 1.07 bits per heavy atom. The van der Waals surface area contributed by atoms with Gasteiger partial charge >= 0.3 is 0 Å². The fourth-order valence-corrected chi connectivity index (χ4v) is 4.46. The Morgan fingerprint density at radius 3 is 2.46 bits per heavy atom. The van der Waals surface area contributed by atoms with Crippen LogP contribution in [0.1, 0.15) is 49.4 Å². The third-order valence-corrected chi connectivity index (χ3v) is 6.27. The predicted octanol–water partition coefficient (Wildman–Crippen LogP) is 6.00. The number of allylic oxidation sites excluding steroid dienone is 2. The zero-order valence-corrected chi connectivity index (χ0v) is 17.6. The number of hydrogen-bond acceptors (Lipinski definition) is 2. The van der Waals surface area contributed by atoms with E-state index >= 15 is 0 Å². The van der Waals surface area contributed by atoms with Gasteiger partial charge in [-0.25, -0.2) is 4.98 Å². The van der Waals surface area contributed by atoms with Gasteiger partial charge in [-0.05, 0) is 63.6 Å². The third-order valence-electron chi connectivity index (χ3n) is 6.27. The van der Waals surface area contributed by atoms with Crippen molar-refractivity contribution < 1.29 is 0 Å². The number of aromatic nitrogens is 2. The van der Waals surface area contributed by atoms with Gasteiger partial charge in [-0.3, -0.25) is 0 Å². The summed E-state index contributed by atoms with van der Waals surface area (Å²) in [6.07, 6.45) is 6.67. The minimum atomic E-state index is 0.664. The van der Waals surface area contributed by atoms with Crippen LogP contribution in [0.5, 0.6) is 0 Å². The molecule has 0 saturated carbocycles. The highest BCUT2D eigenvalue weighted by molar-refractivity contribution is 5.93. The second-order valence-corrected chi connectivity index (χ2v) is 8.31. The summed E-state index contributed by atoms with van der Waals surface area (Å²) < 4.78 is 2.45. The lowest BCUT2D eigenvalue weighted by molar-refractivity contribution is 0.503. The minimum Gasteiger partial charge on any atom is -0.355 e. The molecule has 3 heteroatoms. The van der Waals surface area contributed by atoms with Crippen LogP contribution < -0.4 is 4.90 Å². The molecule has 146 valence electrons. The van der Waals surface area contributed by atoms with Crippen LogP contribution in [-0.4, -0.2) is 22.6 Å². The largest absolute Gasteiger partial charge is 0.355 e. The number of hydrogen-bond donors (Lipinski definition) is 0. The fraction of sp³-hybridized carbons (Fsp3) is 0.400. The average molecular weight is 374 g/mol. The molecular weight excluding hydrogens is 342 g/mol. The summed E-state index contributed by atoms with van der Waals surface area (Å²) >= 11 is 0. The molecule has 3 aromatic rings. The third kappa shape index (κ3) is 3.46. The van der Waals surface area contributed by atoms with Crippen LogP contribution in [0, 0.1) is 13.8 Å². The quantitative estimate of drug-likeness (QED) is 0.523. The van der Waals surface area contributed by atoms with Gasteiger partial charge in [0.2, 0.25) is 0 Å². The zero-order valence-electron chi connectivity index (χ0n) is 17.6. The number of nitrogens with zero attached hydrogens (tertiary/aromatic N) is 3. The van der Waals surface area contributed by atoms with E-state index in [1.807, 2.05) is 6.20 Å². The summed E-state index contributed by atoms with van der Waals surface area (Å²) in [6.45, 7) is 11.9. The van der Waals surface area contributed by atoms with E-state index in [-0.39, 0.29) is 0 Å². The summed E-state index contributed by atoms with van der Waals surface area (Å²) in [5, 5.41) is 1.34. The number of aryl methyl sites for hydroxylation is 1. The molecule has 0 aliphatic carbocycles. The Balaban J connectivity index is 1.66. The number of fused-ring (bicyclic) bond motifs is 1. The van der Waals surface area contributed by atoms with E-state index in [1.54, 1.807) is 0 Å². The highest BCUT2D eigenvalue weighted by atomic mass is 15.2. The summed E-state index contributed by atoms with van der Waals surface area (Å²) in [5.41, 5.74) is 6.86. The maximum Gasteiger partial charge on any atom is 0.153 e. The Morgan fingerprint density at radius 2 is 1.79 bits per heavy atom. The molecule has 1 aromatic carbocycles. The lowest BCUT2D eigenvalue weighted by Crippen LogP contribution is -2.33. The van der Waals surface area contributed by atoms with Gasteiger partial charge in [0.1, 0.15) is 0 Å². The number of anilines is 1. The van der Waals surface area contributed by atoms with Gasteiger partial charge < -0.3 is 9.47 Å². The summed E-state index contributed by atoms with van der Waals surface area (Å²) in [5.74, 6) is 1.82. The Hall–Kier alpha value is -2.55. The first-order chi connectivity index (χ1) is 13.6. The van der Waals surface area contributed by atoms with Gasteiger partial charge in [-0.2, -0.15) is 0 Å². The topological polar surface area (TPSA) is 21.1 Å². The van der Waals surface area contributed by atoms with Crippen LogP contribution >= 0.6 is 0 Å². The van der Waals surface area contributed by atoms with Crippen molar-refractivity contribution >= 4 is 16.7 Å². The van der Waals surface area contributed by atoms with Crippen molar-refractivity contribution in [3.63, 3.8) is 0 Å². The molecule has 0 N–H and O–H groups in total. The predicted molar refractivity (Wildman–Crippen MR) is 119 cm³/mol. The van der Waals surface area contributed by atoms with E-state index in [1.165, 1.54) is 46.1 Å². The van der Waals surface area contributed by atoms with Crippen LogP contribution in [0.25, 0.3) is 10.9 Å². The van der Waals surface area contributed by atoms with Crippen LogP contribution in [0.3, 0.4) is 0 Å². The van der Waals surface area contributed by atoms with E-state index < -0.39 is 0 Å². The Labute approximate surface area is 168 Å². The van der Waals surface area contributed by atoms with Crippen molar-refractivity contribution in [1.29, 1.82) is 0 Å². The van der Waals surface area contributed by atoms with Crippen molar-refractivity contribution in [2.45, 2.75) is 53.0 Å². The second-order valence-electron chi connectivity index (χ2n) is 8.31. The van der Waals surface area contributed by atoms with E-state index in [9.17, 15) is 0 Å². The first kappa shape index (κ1) is 18.8. The van der Waals surface area contributed by atoms with Crippen molar-refractivity contribution in [1.82, 2.24) is 9.55 Å². The summed E-state index contributed by atoms with van der Waals surface area (Å²) in [6, 6.07) is 13.1. The van der Waals surface area contributed by atoms with Gasteiger partial charge in [0.25, 0.3) is 0 Å². The van der Waals surface area contributed by atoms with E-state index in [4.69, 9.17) is 4.98 Å². The van der Waals surface area contributed by atoms with Crippen molar-refractivity contribution in [3.8, 4) is 0 Å². The molecule has 0 atom stereocenters. The smallest absolute Gasteiger partial charge is 0.153 e. The molecule has 0 amide bonds. The number of pyridine rings is 1. The monoisotopic (exact) mass is 373 g/mol. The van der Waals surface area contributed by atoms with E-state index in [2.05, 4.69) is 79.6 Å². The molecule has 1 saturated heterocycles. The molecule has 2 aromatic heterocycles. The van der Waals surface area contributed by atoms with Crippen LogP contribution in [0.4, 0.5) is 5.82 Å². The highest BCUT2D eigenvalue weighted by Crippen LogP contribution is 2.35. The molecule has 3 heterocycles. The van der Waals surface area contributed by atoms with Crippen molar-refractivity contribution in [2.75, 3.05) is 18.0 Å². The Bertz CT molecular complexity index is 986. The van der Waals surface area contributed by atoms with Crippen LogP contribution in [0.15, 0.2) is 54.2 Å². The SMILES string of the molecule is CC(C)=CCn1c(C)c(C)c2ccnc(N3CCC(c4ccccc4)CC3)c21. The van der Waals surface area contributed by atoms with Gasteiger partial charge in [0, 0.05) is 36.9 Å². The average Bonchev–Trinajstić information content (AvgIpc) is 2.97. The number of benzene rings is 1. The summed E-state index contributed by atoms with van der Waals surface area (Å²) in [7, 11) is 0. The molecule has 1 fully saturated rings. The van der Waals surface area contributed by atoms with E-state index in [0.29, 0.717) is 5.92 Å². The molecule has 1 aliphatic rings. The zero-order chi connectivity index (χ0) is 19.7. The van der Waals surface area contributed by atoms with Crippen LogP contribution in [0.2, 0.25) is 0 Å². The van der Waals surface area contributed by atoms with Gasteiger partial charge in [0.05, 0.1) is 5.52 Å².